The van der Waals surface area contributed by atoms with E-state index in [-0.39, 0.29) is 11.9 Å². The van der Waals surface area contributed by atoms with Crippen LogP contribution in [0.15, 0.2) is 22.6 Å². The van der Waals surface area contributed by atoms with E-state index in [0.29, 0.717) is 5.92 Å². The average molecular weight is 327 g/mol. The van der Waals surface area contributed by atoms with Crippen molar-refractivity contribution in [2.45, 2.75) is 51.5 Å². The van der Waals surface area contributed by atoms with Gasteiger partial charge >= 0.3 is 0 Å². The number of fused-ring (bicyclic) bond motifs is 1. The van der Waals surface area contributed by atoms with Gasteiger partial charge in [0, 0.05) is 24.7 Å². The minimum absolute atomic E-state index is 0.181. The zero-order valence-electron chi connectivity index (χ0n) is 14.4. The highest BCUT2D eigenvalue weighted by Gasteiger charge is 2.29. The molecule has 2 aromatic rings. The maximum Gasteiger partial charge on any atom is 0.244 e. The SMILES string of the molecule is CC1CCN(C(=O)[C@H](C)Nc2ccc3oc(C4CC4)nc3c2)CC1. The molecule has 2 aliphatic rings. The number of likely N-dealkylation sites (tertiary alicyclic amines) is 1. The Labute approximate surface area is 142 Å². The number of amides is 1. The molecular weight excluding hydrogens is 302 g/mol. The molecule has 1 aromatic heterocycles. The number of aromatic nitrogens is 1. The highest BCUT2D eigenvalue weighted by Crippen LogP contribution is 2.40. The van der Waals surface area contributed by atoms with Gasteiger partial charge in [0.1, 0.15) is 11.6 Å². The van der Waals surface area contributed by atoms with Gasteiger partial charge in [0.25, 0.3) is 0 Å². The van der Waals surface area contributed by atoms with Crippen molar-refractivity contribution in [3.05, 3.63) is 24.1 Å². The van der Waals surface area contributed by atoms with Gasteiger partial charge in [-0.1, -0.05) is 6.92 Å². The number of nitrogens with zero attached hydrogens (tertiary/aromatic N) is 2. The number of piperidine rings is 1. The van der Waals surface area contributed by atoms with E-state index in [1.807, 2.05) is 30.0 Å². The molecule has 1 saturated carbocycles. The molecule has 2 heterocycles. The number of carbonyl (C=O) groups is 1. The molecule has 24 heavy (non-hydrogen) atoms. The predicted molar refractivity (Wildman–Crippen MR) is 94.0 cm³/mol. The summed E-state index contributed by atoms with van der Waals surface area (Å²) in [6.07, 6.45) is 4.57. The van der Waals surface area contributed by atoms with Crippen molar-refractivity contribution >= 4 is 22.7 Å². The summed E-state index contributed by atoms with van der Waals surface area (Å²) >= 11 is 0. The average Bonchev–Trinajstić information content (AvgIpc) is 3.34. The van der Waals surface area contributed by atoms with Crippen LogP contribution < -0.4 is 5.32 Å². The first-order valence-corrected chi connectivity index (χ1v) is 9.06. The molecule has 5 heteroatoms. The highest BCUT2D eigenvalue weighted by molar-refractivity contribution is 5.85. The van der Waals surface area contributed by atoms with E-state index in [0.717, 1.165) is 54.5 Å². The third kappa shape index (κ3) is 3.12. The fourth-order valence-electron chi connectivity index (χ4n) is 3.35. The van der Waals surface area contributed by atoms with Gasteiger partial charge in [-0.05, 0) is 56.7 Å². The van der Waals surface area contributed by atoms with Gasteiger partial charge < -0.3 is 14.6 Å². The largest absolute Gasteiger partial charge is 0.440 e. The van der Waals surface area contributed by atoms with Gasteiger partial charge in [0.2, 0.25) is 5.91 Å². The molecule has 4 rings (SSSR count). The van der Waals surface area contributed by atoms with Crippen molar-refractivity contribution in [1.82, 2.24) is 9.88 Å². The van der Waals surface area contributed by atoms with Crippen molar-refractivity contribution in [3.8, 4) is 0 Å². The smallest absolute Gasteiger partial charge is 0.244 e. The molecule has 1 atom stereocenters. The summed E-state index contributed by atoms with van der Waals surface area (Å²) in [6.45, 7) is 5.94. The number of nitrogens with one attached hydrogen (secondary N) is 1. The summed E-state index contributed by atoms with van der Waals surface area (Å²) < 4.78 is 5.79. The van der Waals surface area contributed by atoms with Crippen LogP contribution in [0.4, 0.5) is 5.69 Å². The quantitative estimate of drug-likeness (QED) is 0.929. The number of benzene rings is 1. The molecule has 128 valence electrons. The standard InChI is InChI=1S/C19H25N3O2/c1-12-7-9-22(10-8-12)19(23)13(2)20-15-5-6-17-16(11-15)21-18(24-17)14-3-4-14/h5-6,11-14,20H,3-4,7-10H2,1-2H3/t13-/m0/s1. The molecule has 1 amide bonds. The first kappa shape index (κ1) is 15.5. The van der Waals surface area contributed by atoms with E-state index in [2.05, 4.69) is 17.2 Å². The lowest BCUT2D eigenvalue weighted by atomic mass is 9.99. The van der Waals surface area contributed by atoms with E-state index in [1.54, 1.807) is 0 Å². The van der Waals surface area contributed by atoms with E-state index in [9.17, 15) is 4.79 Å². The third-order valence-electron chi connectivity index (χ3n) is 5.18. The first-order valence-electron chi connectivity index (χ1n) is 9.06. The molecule has 0 bridgehead atoms. The second-order valence-electron chi connectivity index (χ2n) is 7.38. The molecule has 0 spiro atoms. The second-order valence-corrected chi connectivity index (χ2v) is 7.38. The summed E-state index contributed by atoms with van der Waals surface area (Å²) in [5, 5.41) is 3.32. The van der Waals surface area contributed by atoms with E-state index in [1.165, 1.54) is 12.8 Å². The Morgan fingerprint density at radius 3 is 2.75 bits per heavy atom. The van der Waals surface area contributed by atoms with Crippen LogP contribution >= 0.6 is 0 Å². The number of hydrogen-bond acceptors (Lipinski definition) is 4. The maximum atomic E-state index is 12.6. The van der Waals surface area contributed by atoms with Crippen LogP contribution in [-0.4, -0.2) is 34.9 Å². The van der Waals surface area contributed by atoms with Gasteiger partial charge in [-0.15, -0.1) is 0 Å². The van der Waals surface area contributed by atoms with Gasteiger partial charge in [0.05, 0.1) is 0 Å². The van der Waals surface area contributed by atoms with Gasteiger partial charge in [-0.25, -0.2) is 4.98 Å². The maximum absolute atomic E-state index is 12.6. The molecule has 2 fully saturated rings. The summed E-state index contributed by atoms with van der Waals surface area (Å²) in [4.78, 5) is 19.2. The topological polar surface area (TPSA) is 58.4 Å². The van der Waals surface area contributed by atoms with Crippen LogP contribution in [-0.2, 0) is 4.79 Å². The number of hydrogen-bond donors (Lipinski definition) is 1. The number of rotatable bonds is 4. The van der Waals surface area contributed by atoms with Crippen LogP contribution in [0.3, 0.4) is 0 Å². The molecule has 1 aromatic carbocycles. The van der Waals surface area contributed by atoms with Crippen LogP contribution in [0.1, 0.15) is 51.3 Å². The fourth-order valence-corrected chi connectivity index (χ4v) is 3.35. The minimum Gasteiger partial charge on any atom is -0.440 e. The summed E-state index contributed by atoms with van der Waals surface area (Å²) in [5.41, 5.74) is 2.61. The second kappa shape index (κ2) is 6.11. The Hall–Kier alpha value is -2.04. The van der Waals surface area contributed by atoms with Crippen LogP contribution in [0, 0.1) is 5.92 Å². The Kier molecular flexibility index (Phi) is 3.94. The third-order valence-corrected chi connectivity index (χ3v) is 5.18. The van der Waals surface area contributed by atoms with E-state index >= 15 is 0 Å². The lowest BCUT2D eigenvalue weighted by Gasteiger charge is -2.32. The zero-order chi connectivity index (χ0) is 16.7. The lowest BCUT2D eigenvalue weighted by Crippen LogP contribution is -2.45. The van der Waals surface area contributed by atoms with E-state index in [4.69, 9.17) is 4.42 Å². The molecule has 0 radical (unpaired) electrons. The molecule has 1 aliphatic carbocycles. The molecule has 0 unspecified atom stereocenters. The van der Waals surface area contributed by atoms with Crippen molar-refractivity contribution < 1.29 is 9.21 Å². The van der Waals surface area contributed by atoms with Crippen LogP contribution in [0.2, 0.25) is 0 Å². The fraction of sp³-hybridized carbons (Fsp3) is 0.579. The molecular formula is C19H25N3O2. The normalized spacial score (nSPS) is 20.3. The minimum atomic E-state index is -0.231. The number of anilines is 1. The summed E-state index contributed by atoms with van der Waals surface area (Å²) in [6, 6.07) is 5.65. The highest BCUT2D eigenvalue weighted by atomic mass is 16.3. The summed E-state index contributed by atoms with van der Waals surface area (Å²) in [7, 11) is 0. The number of oxazole rings is 1. The monoisotopic (exact) mass is 327 g/mol. The van der Waals surface area contributed by atoms with Crippen LogP contribution in [0.25, 0.3) is 11.1 Å². The Morgan fingerprint density at radius 2 is 2.04 bits per heavy atom. The van der Waals surface area contributed by atoms with Gasteiger partial charge in [0.15, 0.2) is 11.5 Å². The summed E-state index contributed by atoms with van der Waals surface area (Å²) in [5.74, 6) is 2.28. The number of carbonyl (C=O) groups excluding carboxylic acids is 1. The van der Waals surface area contributed by atoms with Crippen LogP contribution in [0.5, 0.6) is 0 Å². The van der Waals surface area contributed by atoms with Crippen molar-refractivity contribution in [2.24, 2.45) is 5.92 Å². The molecule has 1 saturated heterocycles. The van der Waals surface area contributed by atoms with E-state index < -0.39 is 0 Å². The zero-order valence-corrected chi connectivity index (χ0v) is 14.4. The van der Waals surface area contributed by atoms with Crippen molar-refractivity contribution in [1.29, 1.82) is 0 Å². The Morgan fingerprint density at radius 1 is 1.29 bits per heavy atom. The lowest BCUT2D eigenvalue weighted by molar-refractivity contribution is -0.132. The van der Waals surface area contributed by atoms with Crippen molar-refractivity contribution in [2.75, 3.05) is 18.4 Å². The predicted octanol–water partition coefficient (Wildman–Crippen LogP) is 3.76. The Bertz CT molecular complexity index is 742. The molecule has 1 N–H and O–H groups in total. The van der Waals surface area contributed by atoms with Gasteiger partial charge in [-0.3, -0.25) is 4.79 Å². The molecule has 1 aliphatic heterocycles. The van der Waals surface area contributed by atoms with Crippen molar-refractivity contribution in [3.63, 3.8) is 0 Å². The first-order chi connectivity index (χ1) is 11.6. The van der Waals surface area contributed by atoms with Gasteiger partial charge in [-0.2, -0.15) is 0 Å². The molecule has 5 nitrogen and oxygen atoms in total. The Balaban J connectivity index is 1.43.